The van der Waals surface area contributed by atoms with Crippen LogP contribution in [0.5, 0.6) is 5.75 Å². The van der Waals surface area contributed by atoms with Gasteiger partial charge in [-0.1, -0.05) is 24.6 Å². The molecule has 2 unspecified atom stereocenters. The minimum absolute atomic E-state index is 0.0760. The summed E-state index contributed by atoms with van der Waals surface area (Å²) in [5.41, 5.74) is 0.467. The summed E-state index contributed by atoms with van der Waals surface area (Å²) < 4.78 is 5.18. The van der Waals surface area contributed by atoms with Crippen molar-refractivity contribution in [3.63, 3.8) is 0 Å². The predicted molar refractivity (Wildman–Crippen MR) is 71.3 cm³/mol. The van der Waals surface area contributed by atoms with Crippen LogP contribution >= 0.6 is 11.6 Å². The summed E-state index contributed by atoms with van der Waals surface area (Å²) >= 11 is 6.09. The molecule has 0 radical (unpaired) electrons. The molecule has 1 aromatic carbocycles. The maximum Gasteiger partial charge on any atom is 0.325 e. The monoisotopic (exact) mass is 271 g/mol. The maximum atomic E-state index is 11.4. The Bertz CT molecular complexity index is 423. The van der Waals surface area contributed by atoms with Crippen molar-refractivity contribution in [2.45, 2.75) is 32.4 Å². The molecule has 0 aliphatic heterocycles. The van der Waals surface area contributed by atoms with Gasteiger partial charge in [0.15, 0.2) is 0 Å². The zero-order valence-corrected chi connectivity index (χ0v) is 11.5. The first-order chi connectivity index (χ1) is 8.51. The molecule has 4 nitrogen and oxygen atoms in total. The normalized spacial score (nSPS) is 14.0. The average molecular weight is 272 g/mol. The van der Waals surface area contributed by atoms with E-state index in [1.807, 2.05) is 13.8 Å². The van der Waals surface area contributed by atoms with Gasteiger partial charge in [-0.15, -0.1) is 0 Å². The summed E-state index contributed by atoms with van der Waals surface area (Å²) in [5.74, 6) is -0.493. The first kappa shape index (κ1) is 14.8. The third kappa shape index (κ3) is 3.37. The Labute approximate surface area is 112 Å². The molecule has 2 atom stereocenters. The van der Waals surface area contributed by atoms with Crippen LogP contribution in [0.3, 0.4) is 0 Å². The molecule has 100 valence electrons. The number of methoxy groups -OCH3 is 1. The van der Waals surface area contributed by atoms with Crippen LogP contribution in [0.1, 0.15) is 31.9 Å². The van der Waals surface area contributed by atoms with Gasteiger partial charge in [-0.05, 0) is 25.5 Å². The lowest BCUT2D eigenvalue weighted by molar-refractivity contribution is -0.139. The molecule has 18 heavy (non-hydrogen) atoms. The number of nitrogens with one attached hydrogen (secondary N) is 1. The summed E-state index contributed by atoms with van der Waals surface area (Å²) in [4.78, 5) is 11.4. The lowest BCUT2D eigenvalue weighted by Crippen LogP contribution is -2.35. The fourth-order valence-corrected chi connectivity index (χ4v) is 1.93. The van der Waals surface area contributed by atoms with E-state index < -0.39 is 12.0 Å². The van der Waals surface area contributed by atoms with Crippen molar-refractivity contribution in [1.29, 1.82) is 0 Å². The molecule has 0 heterocycles. The van der Waals surface area contributed by atoms with Crippen molar-refractivity contribution >= 4 is 17.6 Å². The van der Waals surface area contributed by atoms with E-state index >= 15 is 0 Å². The minimum Gasteiger partial charge on any atom is -0.496 e. The van der Waals surface area contributed by atoms with E-state index in [0.29, 0.717) is 16.3 Å². The van der Waals surface area contributed by atoms with E-state index in [4.69, 9.17) is 16.3 Å². The highest BCUT2D eigenvalue weighted by atomic mass is 35.5. The van der Waals surface area contributed by atoms with Crippen LogP contribution < -0.4 is 10.1 Å². The summed E-state index contributed by atoms with van der Waals surface area (Å²) in [7, 11) is 1.50. The molecule has 1 rings (SSSR count). The zero-order valence-electron chi connectivity index (χ0n) is 10.7. The van der Waals surface area contributed by atoms with Crippen molar-refractivity contribution in [3.05, 3.63) is 28.8 Å². The SMILES string of the molecule is CCC(C)NC(C(=O)O)c1c(Cl)cccc1OC. The number of hydrogen-bond donors (Lipinski definition) is 2. The molecule has 0 spiro atoms. The largest absolute Gasteiger partial charge is 0.496 e. The lowest BCUT2D eigenvalue weighted by Gasteiger charge is -2.22. The number of halogens is 1. The van der Waals surface area contributed by atoms with E-state index in [1.54, 1.807) is 18.2 Å². The van der Waals surface area contributed by atoms with Gasteiger partial charge in [0.25, 0.3) is 0 Å². The number of carbonyl (C=O) groups is 1. The average Bonchev–Trinajstić information content (AvgIpc) is 2.35. The van der Waals surface area contributed by atoms with E-state index in [0.717, 1.165) is 6.42 Å². The molecular formula is C13H18ClNO3. The van der Waals surface area contributed by atoms with Gasteiger partial charge in [-0.2, -0.15) is 0 Å². The number of aliphatic carboxylic acids is 1. The zero-order chi connectivity index (χ0) is 13.7. The Morgan fingerprint density at radius 3 is 2.72 bits per heavy atom. The molecule has 0 aliphatic rings. The van der Waals surface area contributed by atoms with Crippen molar-refractivity contribution in [2.75, 3.05) is 7.11 Å². The Kier molecular flexibility index (Phi) is 5.44. The smallest absolute Gasteiger partial charge is 0.325 e. The van der Waals surface area contributed by atoms with E-state index in [9.17, 15) is 9.90 Å². The summed E-state index contributed by atoms with van der Waals surface area (Å²) in [6, 6.07) is 4.30. The number of benzene rings is 1. The Morgan fingerprint density at radius 1 is 1.56 bits per heavy atom. The Morgan fingerprint density at radius 2 is 2.22 bits per heavy atom. The third-order valence-corrected chi connectivity index (χ3v) is 3.16. The van der Waals surface area contributed by atoms with E-state index in [2.05, 4.69) is 5.32 Å². The third-order valence-electron chi connectivity index (χ3n) is 2.83. The van der Waals surface area contributed by atoms with Crippen LogP contribution in [0.25, 0.3) is 0 Å². The van der Waals surface area contributed by atoms with Crippen molar-refractivity contribution in [2.24, 2.45) is 0 Å². The molecule has 1 aromatic rings. The number of rotatable bonds is 6. The summed E-state index contributed by atoms with van der Waals surface area (Å²) in [5, 5.41) is 12.8. The van der Waals surface area contributed by atoms with E-state index in [-0.39, 0.29) is 6.04 Å². The van der Waals surface area contributed by atoms with Crippen LogP contribution in [0.2, 0.25) is 5.02 Å². The second kappa shape index (κ2) is 6.61. The second-order valence-electron chi connectivity index (χ2n) is 4.10. The first-order valence-electron chi connectivity index (χ1n) is 5.82. The molecule has 2 N–H and O–H groups in total. The highest BCUT2D eigenvalue weighted by Gasteiger charge is 2.26. The van der Waals surface area contributed by atoms with Gasteiger partial charge in [0, 0.05) is 16.6 Å². The summed E-state index contributed by atoms with van der Waals surface area (Å²) in [6.45, 7) is 3.92. The van der Waals surface area contributed by atoms with Gasteiger partial charge in [-0.25, -0.2) is 0 Å². The second-order valence-corrected chi connectivity index (χ2v) is 4.51. The summed E-state index contributed by atoms with van der Waals surface area (Å²) in [6.07, 6.45) is 0.830. The Hall–Kier alpha value is -1.26. The topological polar surface area (TPSA) is 58.6 Å². The number of carboxylic acid groups (broad SMARTS) is 1. The number of carboxylic acids is 1. The van der Waals surface area contributed by atoms with Crippen molar-refractivity contribution in [1.82, 2.24) is 5.32 Å². The Balaban J connectivity index is 3.17. The quantitative estimate of drug-likeness (QED) is 0.835. The molecule has 0 amide bonds. The van der Waals surface area contributed by atoms with Gasteiger partial charge in [0.1, 0.15) is 11.8 Å². The maximum absolute atomic E-state index is 11.4. The van der Waals surface area contributed by atoms with Gasteiger partial charge >= 0.3 is 5.97 Å². The van der Waals surface area contributed by atoms with Gasteiger partial charge in [-0.3, -0.25) is 10.1 Å². The standard InChI is InChI=1S/C13H18ClNO3/c1-4-8(2)15-12(13(16)17)11-9(14)6-5-7-10(11)18-3/h5-8,12,15H,4H2,1-3H3,(H,16,17). The predicted octanol–water partition coefficient (Wildman–Crippen LogP) is 2.86. The highest BCUT2D eigenvalue weighted by molar-refractivity contribution is 6.31. The molecule has 0 saturated carbocycles. The fourth-order valence-electron chi connectivity index (χ4n) is 1.66. The number of ether oxygens (including phenoxy) is 1. The molecule has 0 aromatic heterocycles. The van der Waals surface area contributed by atoms with Crippen LogP contribution in [-0.4, -0.2) is 24.2 Å². The van der Waals surface area contributed by atoms with Crippen molar-refractivity contribution in [3.8, 4) is 5.75 Å². The lowest BCUT2D eigenvalue weighted by atomic mass is 10.0. The first-order valence-corrected chi connectivity index (χ1v) is 6.20. The fraction of sp³-hybridized carbons (Fsp3) is 0.462. The van der Waals surface area contributed by atoms with E-state index in [1.165, 1.54) is 7.11 Å². The van der Waals surface area contributed by atoms with Crippen LogP contribution in [0.4, 0.5) is 0 Å². The highest BCUT2D eigenvalue weighted by Crippen LogP contribution is 2.32. The molecule has 0 saturated heterocycles. The van der Waals surface area contributed by atoms with Crippen molar-refractivity contribution < 1.29 is 14.6 Å². The molecular weight excluding hydrogens is 254 g/mol. The van der Waals surface area contributed by atoms with Gasteiger partial charge in [0.05, 0.1) is 7.11 Å². The van der Waals surface area contributed by atoms with Crippen LogP contribution in [-0.2, 0) is 4.79 Å². The van der Waals surface area contributed by atoms with Crippen LogP contribution in [0.15, 0.2) is 18.2 Å². The number of hydrogen-bond acceptors (Lipinski definition) is 3. The molecule has 5 heteroatoms. The van der Waals surface area contributed by atoms with Gasteiger partial charge in [0.2, 0.25) is 0 Å². The van der Waals surface area contributed by atoms with Gasteiger partial charge < -0.3 is 9.84 Å². The molecule has 0 aliphatic carbocycles. The molecule has 0 bridgehead atoms. The minimum atomic E-state index is -0.971. The van der Waals surface area contributed by atoms with Crippen LogP contribution in [0, 0.1) is 0 Å². The molecule has 0 fully saturated rings.